The summed E-state index contributed by atoms with van der Waals surface area (Å²) in [5, 5.41) is 4.59. The van der Waals surface area contributed by atoms with Crippen LogP contribution in [0.15, 0.2) is 47.3 Å². The minimum atomic E-state index is -0.668. The van der Waals surface area contributed by atoms with Gasteiger partial charge < -0.3 is 10.1 Å². The lowest BCUT2D eigenvalue weighted by atomic mass is 10.1. The number of benzene rings is 2. The smallest absolute Gasteiger partial charge is 0.408 e. The predicted molar refractivity (Wildman–Crippen MR) is 120 cm³/mol. The topological polar surface area (TPSA) is 76.5 Å². The van der Waals surface area contributed by atoms with Crippen molar-refractivity contribution in [3.8, 4) is 0 Å². The fourth-order valence-electron chi connectivity index (χ4n) is 3.95. The molecule has 0 spiro atoms. The van der Waals surface area contributed by atoms with Crippen molar-refractivity contribution in [2.75, 3.05) is 5.01 Å². The molecule has 3 aromatic rings. The first-order valence-electron chi connectivity index (χ1n) is 10.7. The van der Waals surface area contributed by atoms with Crippen LogP contribution in [0.3, 0.4) is 0 Å². The van der Waals surface area contributed by atoms with Crippen LogP contribution in [0.25, 0.3) is 10.9 Å². The summed E-state index contributed by atoms with van der Waals surface area (Å²) in [7, 11) is 0. The highest BCUT2D eigenvalue weighted by Gasteiger charge is 2.29. The number of fused-ring (bicyclic) bond motifs is 2. The Balaban J connectivity index is 1.83. The van der Waals surface area contributed by atoms with Gasteiger partial charge in [0.25, 0.3) is 5.56 Å². The summed E-state index contributed by atoms with van der Waals surface area (Å²) < 4.78 is 21.4. The molecule has 0 aliphatic carbocycles. The second kappa shape index (κ2) is 8.26. The van der Waals surface area contributed by atoms with Crippen molar-refractivity contribution in [3.63, 3.8) is 0 Å². The molecule has 1 amide bonds. The number of carbonyl (C=O) groups is 1. The van der Waals surface area contributed by atoms with E-state index in [2.05, 4.69) is 10.3 Å². The standard InChI is InChI=1S/C24H27FN4O3/c1-5-18(27-23(31)32-24(2,3)4)21-26-19-12-8-11-17(25)20(19)22(30)29(21)28-13-15-9-6-7-10-16(15)14-28/h6-12,18H,5,13-14H2,1-4H3,(H,27,31)/t18-/m0/s1. The fourth-order valence-corrected chi connectivity index (χ4v) is 3.95. The summed E-state index contributed by atoms with van der Waals surface area (Å²) in [6.07, 6.45) is -0.137. The zero-order valence-electron chi connectivity index (χ0n) is 18.7. The zero-order valence-corrected chi connectivity index (χ0v) is 18.7. The molecule has 4 rings (SSSR count). The Bertz CT molecular complexity index is 1210. The summed E-state index contributed by atoms with van der Waals surface area (Å²) in [5.74, 6) is -0.278. The molecule has 2 heterocycles. The Morgan fingerprint density at radius 2 is 1.81 bits per heavy atom. The quantitative estimate of drug-likeness (QED) is 0.662. The summed E-state index contributed by atoms with van der Waals surface area (Å²) in [5.41, 5.74) is 1.26. The van der Waals surface area contributed by atoms with Gasteiger partial charge in [-0.05, 0) is 50.5 Å². The summed E-state index contributed by atoms with van der Waals surface area (Å²) in [4.78, 5) is 30.7. The van der Waals surface area contributed by atoms with E-state index in [1.165, 1.54) is 16.8 Å². The molecule has 0 bridgehead atoms. The van der Waals surface area contributed by atoms with Gasteiger partial charge in [0, 0.05) is 0 Å². The monoisotopic (exact) mass is 438 g/mol. The average Bonchev–Trinajstić information content (AvgIpc) is 3.14. The first kappa shape index (κ1) is 21.8. The van der Waals surface area contributed by atoms with E-state index in [1.54, 1.807) is 26.8 Å². The molecule has 7 nitrogen and oxygen atoms in total. The first-order chi connectivity index (χ1) is 15.2. The molecule has 0 unspecified atom stereocenters. The van der Waals surface area contributed by atoms with Crippen molar-refractivity contribution in [1.82, 2.24) is 15.0 Å². The van der Waals surface area contributed by atoms with Crippen molar-refractivity contribution in [2.45, 2.75) is 58.8 Å². The second-order valence-electron chi connectivity index (χ2n) is 8.92. The van der Waals surface area contributed by atoms with E-state index in [4.69, 9.17) is 4.74 Å². The van der Waals surface area contributed by atoms with E-state index in [1.807, 2.05) is 36.2 Å². The molecule has 32 heavy (non-hydrogen) atoms. The maximum atomic E-state index is 14.6. The van der Waals surface area contributed by atoms with Gasteiger partial charge in [-0.2, -0.15) is 0 Å². The SMILES string of the molecule is CC[C@H](NC(=O)OC(C)(C)C)c1nc2cccc(F)c2c(=O)n1N1Cc2ccccc2C1. The van der Waals surface area contributed by atoms with Crippen LogP contribution in [0.1, 0.15) is 57.1 Å². The number of ether oxygens (including phenoxy) is 1. The summed E-state index contributed by atoms with van der Waals surface area (Å²) in [6, 6.07) is 11.7. The molecule has 8 heteroatoms. The number of aromatic nitrogens is 2. The van der Waals surface area contributed by atoms with Crippen molar-refractivity contribution < 1.29 is 13.9 Å². The molecule has 0 saturated heterocycles. The Morgan fingerprint density at radius 1 is 1.16 bits per heavy atom. The van der Waals surface area contributed by atoms with Crippen LogP contribution in [0.2, 0.25) is 0 Å². The van der Waals surface area contributed by atoms with E-state index >= 15 is 0 Å². The molecule has 1 N–H and O–H groups in total. The molecule has 1 aliphatic rings. The Labute approximate surface area is 185 Å². The number of halogens is 1. The Kier molecular flexibility index (Phi) is 5.62. The van der Waals surface area contributed by atoms with Gasteiger partial charge in [0.05, 0.1) is 24.6 Å². The van der Waals surface area contributed by atoms with Crippen LogP contribution < -0.4 is 15.9 Å². The Hall–Kier alpha value is -3.42. The van der Waals surface area contributed by atoms with Crippen LogP contribution in [0.5, 0.6) is 0 Å². The Morgan fingerprint density at radius 3 is 2.41 bits per heavy atom. The van der Waals surface area contributed by atoms with Gasteiger partial charge in [-0.3, -0.25) is 9.80 Å². The van der Waals surface area contributed by atoms with E-state index in [9.17, 15) is 14.0 Å². The number of nitrogens with one attached hydrogen (secondary N) is 1. The van der Waals surface area contributed by atoms with Crippen LogP contribution in [-0.4, -0.2) is 21.4 Å². The van der Waals surface area contributed by atoms with E-state index in [0.717, 1.165) is 11.1 Å². The van der Waals surface area contributed by atoms with Gasteiger partial charge in [0.1, 0.15) is 16.8 Å². The number of carbonyl (C=O) groups excluding carboxylic acids is 1. The second-order valence-corrected chi connectivity index (χ2v) is 8.92. The maximum Gasteiger partial charge on any atom is 0.408 e. The highest BCUT2D eigenvalue weighted by atomic mass is 19.1. The lowest BCUT2D eigenvalue weighted by Crippen LogP contribution is -2.45. The number of rotatable bonds is 4. The average molecular weight is 439 g/mol. The largest absolute Gasteiger partial charge is 0.444 e. The normalized spacial score (nSPS) is 14.3. The van der Waals surface area contributed by atoms with Crippen molar-refractivity contribution >= 4 is 17.0 Å². The number of amides is 1. The molecule has 0 fully saturated rings. The summed E-state index contributed by atoms with van der Waals surface area (Å²) >= 11 is 0. The number of alkyl carbamates (subject to hydrolysis) is 1. The molecule has 2 aromatic carbocycles. The molecule has 1 aromatic heterocycles. The third kappa shape index (κ3) is 4.17. The van der Waals surface area contributed by atoms with Gasteiger partial charge in [-0.1, -0.05) is 37.3 Å². The lowest BCUT2D eigenvalue weighted by molar-refractivity contribution is 0.0498. The lowest BCUT2D eigenvalue weighted by Gasteiger charge is -2.28. The van der Waals surface area contributed by atoms with Gasteiger partial charge in [-0.25, -0.2) is 18.8 Å². The minimum Gasteiger partial charge on any atom is -0.444 e. The molecule has 1 atom stereocenters. The molecular formula is C24H27FN4O3. The zero-order chi connectivity index (χ0) is 23.0. The maximum absolute atomic E-state index is 14.6. The van der Waals surface area contributed by atoms with Crippen molar-refractivity contribution in [1.29, 1.82) is 0 Å². The third-order valence-electron chi connectivity index (χ3n) is 5.37. The van der Waals surface area contributed by atoms with E-state index < -0.39 is 29.1 Å². The van der Waals surface area contributed by atoms with Gasteiger partial charge in [-0.15, -0.1) is 0 Å². The molecule has 168 valence electrons. The van der Waals surface area contributed by atoms with Crippen LogP contribution in [-0.2, 0) is 17.8 Å². The molecule has 1 aliphatic heterocycles. The molecule has 0 radical (unpaired) electrons. The molecular weight excluding hydrogens is 411 g/mol. The van der Waals surface area contributed by atoms with Gasteiger partial charge >= 0.3 is 6.09 Å². The van der Waals surface area contributed by atoms with Gasteiger partial charge in [0.2, 0.25) is 0 Å². The fraction of sp³-hybridized carbons (Fsp3) is 0.375. The van der Waals surface area contributed by atoms with E-state index in [-0.39, 0.29) is 10.9 Å². The van der Waals surface area contributed by atoms with Crippen LogP contribution in [0.4, 0.5) is 9.18 Å². The number of hydrogen-bond acceptors (Lipinski definition) is 5. The van der Waals surface area contributed by atoms with Crippen LogP contribution >= 0.6 is 0 Å². The third-order valence-corrected chi connectivity index (χ3v) is 5.37. The van der Waals surface area contributed by atoms with Crippen molar-refractivity contribution in [2.24, 2.45) is 0 Å². The van der Waals surface area contributed by atoms with Gasteiger partial charge in [0.15, 0.2) is 5.82 Å². The van der Waals surface area contributed by atoms with Crippen LogP contribution in [0, 0.1) is 5.82 Å². The highest BCUT2D eigenvalue weighted by Crippen LogP contribution is 2.25. The molecule has 0 saturated carbocycles. The number of hydrogen-bond donors (Lipinski definition) is 1. The number of nitrogens with zero attached hydrogens (tertiary/aromatic N) is 3. The first-order valence-corrected chi connectivity index (χ1v) is 10.7. The summed E-state index contributed by atoms with van der Waals surface area (Å²) in [6.45, 7) is 8.18. The van der Waals surface area contributed by atoms with E-state index in [0.29, 0.717) is 25.3 Å². The predicted octanol–water partition coefficient (Wildman–Crippen LogP) is 4.16. The highest BCUT2D eigenvalue weighted by molar-refractivity contribution is 5.78. The minimum absolute atomic E-state index is 0.0701. The van der Waals surface area contributed by atoms with Crippen molar-refractivity contribution in [3.05, 3.63) is 75.6 Å².